The highest BCUT2D eigenvalue weighted by molar-refractivity contribution is 9.10. The molecule has 5 heterocycles. The molecule has 10 nitrogen and oxygen atoms in total. The number of halogens is 1. The first-order chi connectivity index (χ1) is 16.5. The number of fused-ring (bicyclic) bond motifs is 2. The molecule has 0 radical (unpaired) electrons. The Balaban J connectivity index is 0.000000218. The van der Waals surface area contributed by atoms with E-state index < -0.39 is 24.1 Å². The number of piperidine rings is 4. The van der Waals surface area contributed by atoms with Crippen LogP contribution in [0.3, 0.4) is 0 Å². The fourth-order valence-electron chi connectivity index (χ4n) is 8.16. The summed E-state index contributed by atoms with van der Waals surface area (Å²) in [5.74, 6) is -2.45. The minimum atomic E-state index is -2.27. The van der Waals surface area contributed by atoms with Crippen LogP contribution in [-0.4, -0.2) is 97.2 Å². The highest BCUT2D eigenvalue weighted by Crippen LogP contribution is 2.69. The zero-order chi connectivity index (χ0) is 25.6. The molecule has 7 rings (SSSR count). The minimum absolute atomic E-state index is 0.165. The van der Waals surface area contributed by atoms with E-state index in [2.05, 4.69) is 57.9 Å². The third-order valence-corrected chi connectivity index (χ3v) is 9.82. The van der Waals surface area contributed by atoms with Crippen LogP contribution in [0.1, 0.15) is 31.7 Å². The third kappa shape index (κ3) is 3.18. The number of rotatable bonds is 4. The van der Waals surface area contributed by atoms with E-state index >= 15 is 0 Å². The summed E-state index contributed by atoms with van der Waals surface area (Å²) in [4.78, 5) is 24.4. The summed E-state index contributed by atoms with van der Waals surface area (Å²) >= 11 is 3.65. The molecule has 5 unspecified atom stereocenters. The lowest BCUT2D eigenvalue weighted by Crippen LogP contribution is -2.72. The van der Waals surface area contributed by atoms with Gasteiger partial charge in [-0.3, -0.25) is 4.90 Å². The molecule has 1 aromatic rings. The monoisotopic (exact) mass is 554 g/mol. The Morgan fingerprint density at radius 2 is 1.77 bits per heavy atom. The van der Waals surface area contributed by atoms with E-state index in [0.717, 1.165) is 23.7 Å². The van der Waals surface area contributed by atoms with Crippen molar-refractivity contribution in [2.45, 2.75) is 74.3 Å². The Kier molecular flexibility index (Phi) is 5.97. The zero-order valence-electron chi connectivity index (χ0n) is 19.4. The van der Waals surface area contributed by atoms with Crippen molar-refractivity contribution >= 4 is 33.6 Å². The zero-order valence-corrected chi connectivity index (χ0v) is 21.0. The molecule has 12 atom stereocenters. The van der Waals surface area contributed by atoms with Gasteiger partial charge in [0.15, 0.2) is 12.2 Å². The second-order valence-corrected chi connectivity index (χ2v) is 11.4. The van der Waals surface area contributed by atoms with Crippen LogP contribution in [0, 0.1) is 17.8 Å². The number of aliphatic hydroxyl groups excluding tert-OH is 4. The maximum atomic E-state index is 11.7. The molecular weight excluding hydrogens is 524 g/mol. The van der Waals surface area contributed by atoms with Crippen LogP contribution in [0.15, 0.2) is 22.7 Å². The maximum Gasteiger partial charge on any atom is 0.335 e. The van der Waals surface area contributed by atoms with Crippen molar-refractivity contribution in [2.75, 3.05) is 11.9 Å². The summed E-state index contributed by atoms with van der Waals surface area (Å²) in [6.07, 6.45) is -2.06. The highest BCUT2D eigenvalue weighted by atomic mass is 79.9. The van der Waals surface area contributed by atoms with E-state index in [9.17, 15) is 19.8 Å². The van der Waals surface area contributed by atoms with Gasteiger partial charge in [0.2, 0.25) is 0 Å². The van der Waals surface area contributed by atoms with Gasteiger partial charge in [-0.05, 0) is 48.9 Å². The van der Waals surface area contributed by atoms with E-state index in [1.54, 1.807) is 0 Å². The molecule has 5 aliphatic heterocycles. The van der Waals surface area contributed by atoms with Gasteiger partial charge in [0, 0.05) is 46.5 Å². The van der Waals surface area contributed by atoms with E-state index in [4.69, 9.17) is 20.4 Å². The number of carboxylic acid groups (broad SMARTS) is 2. The molecule has 35 heavy (non-hydrogen) atoms. The standard InChI is InChI=1S/C20H25BrN2O2.C4H6O6/c1-3-10-11-7-14-17-20(12-6-9(21)4-5-13(12)22(17)2)8-15(16(11)18(20)24)23(14)19(10)25;5-1(3(7)8)2(6)4(9)10/h4-6,10-11,14-19,24-25H,3,7-8H2,1-2H3;1-2,5-6H,(H,7,8)(H,9,10)/t10-,11?,14+,15+,16?,17+,18?,19+,20?;1-,2-/m11/s1. The number of aliphatic carboxylic acids is 2. The largest absolute Gasteiger partial charge is 0.479 e. The third-order valence-electron chi connectivity index (χ3n) is 9.32. The molecule has 0 aromatic heterocycles. The quantitative estimate of drug-likeness (QED) is 0.303. The van der Waals surface area contributed by atoms with Crippen molar-refractivity contribution in [1.82, 2.24) is 4.90 Å². The number of carboxylic acids is 2. The topological polar surface area (TPSA) is 162 Å². The Labute approximate surface area is 210 Å². The van der Waals surface area contributed by atoms with Crippen LogP contribution in [0.25, 0.3) is 0 Å². The van der Waals surface area contributed by atoms with Crippen LogP contribution in [0.2, 0.25) is 0 Å². The second kappa shape index (κ2) is 8.39. The fraction of sp³-hybridized carbons (Fsp3) is 0.667. The average Bonchev–Trinajstić information content (AvgIpc) is 3.19. The second-order valence-electron chi connectivity index (χ2n) is 10.5. The normalized spacial score (nSPS) is 43.2. The molecule has 0 amide bonds. The van der Waals surface area contributed by atoms with E-state index in [1.807, 2.05) is 0 Å². The summed E-state index contributed by atoms with van der Waals surface area (Å²) < 4.78 is 1.10. The first-order valence-corrected chi connectivity index (χ1v) is 12.7. The molecule has 1 saturated carbocycles. The number of carbonyl (C=O) groups is 2. The lowest BCUT2D eigenvalue weighted by molar-refractivity contribution is -0.211. The number of hydrogen-bond acceptors (Lipinski definition) is 8. The number of nitrogens with zero attached hydrogens (tertiary/aromatic N) is 2. The molecule has 5 bridgehead atoms. The summed E-state index contributed by atoms with van der Waals surface area (Å²) in [7, 11) is 2.18. The predicted molar refractivity (Wildman–Crippen MR) is 127 cm³/mol. The van der Waals surface area contributed by atoms with Crippen molar-refractivity contribution in [2.24, 2.45) is 17.8 Å². The Bertz CT molecular complexity index is 1040. The Morgan fingerprint density at radius 3 is 2.34 bits per heavy atom. The van der Waals surface area contributed by atoms with Crippen molar-refractivity contribution in [3.05, 3.63) is 28.2 Å². The van der Waals surface area contributed by atoms with Crippen LogP contribution in [-0.2, 0) is 15.0 Å². The Morgan fingerprint density at radius 1 is 1.14 bits per heavy atom. The number of aliphatic hydroxyl groups is 4. The summed E-state index contributed by atoms with van der Waals surface area (Å²) in [6.45, 7) is 2.19. The molecule has 192 valence electrons. The van der Waals surface area contributed by atoms with Gasteiger partial charge in [0.1, 0.15) is 6.23 Å². The molecule has 4 saturated heterocycles. The Hall–Kier alpha value is -1.76. The van der Waals surface area contributed by atoms with Gasteiger partial charge in [-0.1, -0.05) is 22.9 Å². The van der Waals surface area contributed by atoms with E-state index in [-0.39, 0.29) is 23.8 Å². The molecule has 11 heteroatoms. The first kappa shape index (κ1) is 24.9. The van der Waals surface area contributed by atoms with Crippen LogP contribution >= 0.6 is 15.9 Å². The average molecular weight is 555 g/mol. The number of anilines is 1. The first-order valence-electron chi connectivity index (χ1n) is 12.0. The molecule has 6 aliphatic rings. The van der Waals surface area contributed by atoms with Gasteiger partial charge in [0.05, 0.1) is 12.1 Å². The fourth-order valence-corrected chi connectivity index (χ4v) is 8.53. The minimum Gasteiger partial charge on any atom is -0.479 e. The van der Waals surface area contributed by atoms with Crippen molar-refractivity contribution < 1.29 is 40.2 Å². The van der Waals surface area contributed by atoms with Crippen LogP contribution in [0.4, 0.5) is 5.69 Å². The van der Waals surface area contributed by atoms with Crippen molar-refractivity contribution in [3.8, 4) is 0 Å². The highest BCUT2D eigenvalue weighted by Gasteiger charge is 2.76. The molecule has 6 N–H and O–H groups in total. The molecule has 1 aromatic carbocycles. The summed E-state index contributed by atoms with van der Waals surface area (Å²) in [5, 5.41) is 55.3. The molecular formula is C24H31BrN2O8. The number of hydrogen-bond donors (Lipinski definition) is 6. The van der Waals surface area contributed by atoms with E-state index in [0.29, 0.717) is 29.8 Å². The summed E-state index contributed by atoms with van der Waals surface area (Å²) in [6, 6.07) is 7.50. The molecule has 5 fully saturated rings. The lowest BCUT2D eigenvalue weighted by atomic mass is 9.62. The van der Waals surface area contributed by atoms with Crippen molar-refractivity contribution in [3.63, 3.8) is 0 Å². The predicted octanol–water partition coefficient (Wildman–Crippen LogP) is 0.194. The van der Waals surface area contributed by atoms with E-state index in [1.165, 1.54) is 11.3 Å². The molecule has 1 spiro atoms. The van der Waals surface area contributed by atoms with Gasteiger partial charge in [-0.25, -0.2) is 9.59 Å². The van der Waals surface area contributed by atoms with Crippen LogP contribution < -0.4 is 4.90 Å². The van der Waals surface area contributed by atoms with Crippen molar-refractivity contribution in [1.29, 1.82) is 0 Å². The summed E-state index contributed by atoms with van der Waals surface area (Å²) in [5.41, 5.74) is 2.42. The van der Waals surface area contributed by atoms with Gasteiger partial charge in [-0.2, -0.15) is 0 Å². The number of likely N-dealkylation sites (N-methyl/N-ethyl adjacent to an activating group) is 1. The lowest BCUT2D eigenvalue weighted by Gasteiger charge is -2.62. The van der Waals surface area contributed by atoms with Gasteiger partial charge in [0.25, 0.3) is 0 Å². The molecule has 1 aliphatic carbocycles. The van der Waals surface area contributed by atoms with Gasteiger partial charge >= 0.3 is 11.9 Å². The SMILES string of the molecule is CC[C@@H]1C2C[C@H]3[C@@H]4N(C)c5ccc(Br)cc5C45C[C@@H](C2C5O)N3[C@H]1O.O=C(O)[C@H](O)[C@@H](O)C(=O)O. The number of benzene rings is 1. The smallest absolute Gasteiger partial charge is 0.335 e. The van der Waals surface area contributed by atoms with Gasteiger partial charge < -0.3 is 35.5 Å². The van der Waals surface area contributed by atoms with Crippen LogP contribution in [0.5, 0.6) is 0 Å². The maximum absolute atomic E-state index is 11.7. The van der Waals surface area contributed by atoms with Gasteiger partial charge in [-0.15, -0.1) is 0 Å².